The number of carbonyl (C=O) groups excluding carboxylic acids is 1. The van der Waals surface area contributed by atoms with Crippen LogP contribution < -0.4 is 5.56 Å². The fourth-order valence-corrected chi connectivity index (χ4v) is 2.36. The van der Waals surface area contributed by atoms with E-state index >= 15 is 0 Å². The molecule has 0 bridgehead atoms. The van der Waals surface area contributed by atoms with Crippen LogP contribution in [0.2, 0.25) is 0 Å². The zero-order chi connectivity index (χ0) is 15.6. The van der Waals surface area contributed by atoms with Crippen LogP contribution in [-0.4, -0.2) is 15.3 Å². The van der Waals surface area contributed by atoms with E-state index in [0.717, 1.165) is 16.2 Å². The summed E-state index contributed by atoms with van der Waals surface area (Å²) >= 11 is 3.10. The maximum atomic E-state index is 12.2. The number of aromatic nitrogens is 1. The molecule has 0 N–H and O–H groups in total. The molecule has 2 rings (SSSR count). The van der Waals surface area contributed by atoms with Crippen molar-refractivity contribution in [2.24, 2.45) is 0 Å². The van der Waals surface area contributed by atoms with Gasteiger partial charge in [0.05, 0.1) is 11.5 Å². The van der Waals surface area contributed by atoms with Crippen molar-refractivity contribution in [2.75, 3.05) is 0 Å². The Hall–Kier alpha value is -2.28. The van der Waals surface area contributed by atoms with Crippen LogP contribution in [0.5, 0.6) is 0 Å². The third-order valence-electron chi connectivity index (χ3n) is 2.88. The highest BCUT2D eigenvalue weighted by Crippen LogP contribution is 2.14. The molecule has 1 aromatic heterocycles. The van der Waals surface area contributed by atoms with Crippen LogP contribution in [0.4, 0.5) is 5.69 Å². The fourth-order valence-electron chi connectivity index (χ4n) is 1.90. The molecule has 0 amide bonds. The van der Waals surface area contributed by atoms with Gasteiger partial charge in [0.25, 0.3) is 0 Å². The van der Waals surface area contributed by atoms with Crippen LogP contribution in [0.3, 0.4) is 0 Å². The largest absolute Gasteiger partial charge is 0.335 e. The zero-order valence-corrected chi connectivity index (χ0v) is 12.7. The highest BCUT2D eigenvalue weighted by atomic mass is 79.9. The Bertz CT molecular complexity index is 783. The SMILES string of the molecule is Cc1cccc(C(=O)Cn2cc(Br)cc([N+](=O)[O-])c2=O)c1. The lowest BCUT2D eigenvalue weighted by molar-refractivity contribution is -0.386. The number of aryl methyl sites for hydroxylation is 1. The monoisotopic (exact) mass is 350 g/mol. The van der Waals surface area contributed by atoms with Gasteiger partial charge in [-0.05, 0) is 28.9 Å². The summed E-state index contributed by atoms with van der Waals surface area (Å²) in [6.07, 6.45) is 1.36. The molecule has 0 aliphatic carbocycles. The number of hydrogen-bond donors (Lipinski definition) is 0. The minimum absolute atomic E-state index is 0.247. The summed E-state index contributed by atoms with van der Waals surface area (Å²) in [5, 5.41) is 10.8. The standard InChI is InChI=1S/C14H11BrN2O4/c1-9-3-2-4-10(5-9)13(18)8-16-7-11(15)6-12(14(16)19)17(20)21/h2-7H,8H2,1H3. The van der Waals surface area contributed by atoms with Gasteiger partial charge >= 0.3 is 11.2 Å². The molecule has 0 atom stereocenters. The van der Waals surface area contributed by atoms with E-state index < -0.39 is 16.2 Å². The second kappa shape index (κ2) is 6.01. The molecule has 21 heavy (non-hydrogen) atoms. The topological polar surface area (TPSA) is 82.2 Å². The quantitative estimate of drug-likeness (QED) is 0.482. The minimum atomic E-state index is -0.802. The number of benzene rings is 1. The van der Waals surface area contributed by atoms with Gasteiger partial charge in [-0.1, -0.05) is 23.8 Å². The number of pyridine rings is 1. The maximum Gasteiger partial charge on any atom is 0.335 e. The van der Waals surface area contributed by atoms with Crippen molar-refractivity contribution in [1.29, 1.82) is 0 Å². The van der Waals surface area contributed by atoms with Gasteiger partial charge in [-0.2, -0.15) is 0 Å². The third kappa shape index (κ3) is 3.43. The Morgan fingerprint density at radius 1 is 1.38 bits per heavy atom. The number of halogens is 1. The molecular formula is C14H11BrN2O4. The summed E-state index contributed by atoms with van der Waals surface area (Å²) in [5.74, 6) is -0.284. The first kappa shape index (κ1) is 15.1. The van der Waals surface area contributed by atoms with Crippen molar-refractivity contribution in [3.63, 3.8) is 0 Å². The molecule has 0 spiro atoms. The van der Waals surface area contributed by atoms with E-state index in [1.54, 1.807) is 18.2 Å². The molecule has 0 aliphatic rings. The molecule has 2 aromatic rings. The Morgan fingerprint density at radius 2 is 2.10 bits per heavy atom. The van der Waals surface area contributed by atoms with E-state index in [-0.39, 0.29) is 12.3 Å². The number of nitro groups is 1. The second-order valence-corrected chi connectivity index (χ2v) is 5.44. The Morgan fingerprint density at radius 3 is 2.71 bits per heavy atom. The number of Topliss-reactive ketones (excluding diaryl/α,β-unsaturated/α-hetero) is 1. The van der Waals surface area contributed by atoms with Gasteiger partial charge in [0, 0.05) is 22.3 Å². The predicted molar refractivity (Wildman–Crippen MR) is 80.6 cm³/mol. The molecule has 0 aliphatic heterocycles. The summed E-state index contributed by atoms with van der Waals surface area (Å²) in [5.41, 5.74) is 0.0172. The highest BCUT2D eigenvalue weighted by Gasteiger charge is 2.17. The minimum Gasteiger partial charge on any atom is -0.301 e. The van der Waals surface area contributed by atoms with Crippen molar-refractivity contribution in [1.82, 2.24) is 4.57 Å². The lowest BCUT2D eigenvalue weighted by atomic mass is 10.1. The van der Waals surface area contributed by atoms with E-state index in [2.05, 4.69) is 15.9 Å². The van der Waals surface area contributed by atoms with Crippen molar-refractivity contribution in [2.45, 2.75) is 13.5 Å². The molecule has 108 valence electrons. The van der Waals surface area contributed by atoms with Crippen molar-refractivity contribution >= 4 is 27.4 Å². The first-order valence-electron chi connectivity index (χ1n) is 6.02. The molecule has 0 saturated carbocycles. The number of rotatable bonds is 4. The number of carbonyl (C=O) groups is 1. The van der Waals surface area contributed by atoms with Gasteiger partial charge in [0.2, 0.25) is 0 Å². The molecule has 6 nitrogen and oxygen atoms in total. The zero-order valence-electron chi connectivity index (χ0n) is 11.1. The van der Waals surface area contributed by atoms with Gasteiger partial charge in [-0.3, -0.25) is 19.7 Å². The predicted octanol–water partition coefficient (Wildman–Crippen LogP) is 2.71. The van der Waals surface area contributed by atoms with E-state index in [4.69, 9.17) is 0 Å². The summed E-state index contributed by atoms with van der Waals surface area (Å²) < 4.78 is 1.40. The van der Waals surface area contributed by atoms with Crippen molar-refractivity contribution in [3.05, 3.63) is 72.6 Å². The smallest absolute Gasteiger partial charge is 0.301 e. The van der Waals surface area contributed by atoms with E-state index in [1.807, 2.05) is 13.0 Å². The summed E-state index contributed by atoms with van der Waals surface area (Å²) in [6, 6.07) is 8.07. The van der Waals surface area contributed by atoms with Crippen LogP contribution in [0.25, 0.3) is 0 Å². The average molecular weight is 351 g/mol. The molecule has 1 aromatic carbocycles. The molecule has 0 saturated heterocycles. The molecule has 0 fully saturated rings. The van der Waals surface area contributed by atoms with Crippen LogP contribution in [0, 0.1) is 17.0 Å². The molecule has 7 heteroatoms. The normalized spacial score (nSPS) is 10.4. The van der Waals surface area contributed by atoms with E-state index in [9.17, 15) is 19.7 Å². The first-order valence-corrected chi connectivity index (χ1v) is 6.82. The second-order valence-electron chi connectivity index (χ2n) is 4.53. The lowest BCUT2D eigenvalue weighted by Crippen LogP contribution is -2.25. The third-order valence-corrected chi connectivity index (χ3v) is 3.32. The Labute approximate surface area is 128 Å². The van der Waals surface area contributed by atoms with Gasteiger partial charge in [0.1, 0.15) is 0 Å². The molecular weight excluding hydrogens is 340 g/mol. The highest BCUT2D eigenvalue weighted by molar-refractivity contribution is 9.10. The average Bonchev–Trinajstić information content (AvgIpc) is 2.42. The van der Waals surface area contributed by atoms with Crippen LogP contribution >= 0.6 is 15.9 Å². The molecule has 0 unspecified atom stereocenters. The first-order chi connectivity index (χ1) is 9.88. The van der Waals surface area contributed by atoms with Gasteiger partial charge in [-0.25, -0.2) is 0 Å². The Kier molecular flexibility index (Phi) is 4.32. The Balaban J connectivity index is 2.38. The van der Waals surface area contributed by atoms with Gasteiger partial charge < -0.3 is 4.57 Å². The maximum absolute atomic E-state index is 12.2. The number of nitrogens with zero attached hydrogens (tertiary/aromatic N) is 2. The summed E-state index contributed by atoms with van der Waals surface area (Å²) in [6.45, 7) is 1.61. The van der Waals surface area contributed by atoms with Gasteiger partial charge in [0.15, 0.2) is 5.78 Å². The van der Waals surface area contributed by atoms with Gasteiger partial charge in [-0.15, -0.1) is 0 Å². The van der Waals surface area contributed by atoms with Crippen LogP contribution in [0.15, 0.2) is 45.8 Å². The fraction of sp³-hybridized carbons (Fsp3) is 0.143. The molecule has 0 radical (unpaired) electrons. The summed E-state index contributed by atoms with van der Waals surface area (Å²) in [7, 11) is 0. The van der Waals surface area contributed by atoms with Crippen molar-refractivity contribution < 1.29 is 9.72 Å². The van der Waals surface area contributed by atoms with Crippen LogP contribution in [0.1, 0.15) is 15.9 Å². The van der Waals surface area contributed by atoms with Crippen molar-refractivity contribution in [3.8, 4) is 0 Å². The molecule has 1 heterocycles. The lowest BCUT2D eigenvalue weighted by Gasteiger charge is -2.06. The number of ketones is 1. The summed E-state index contributed by atoms with van der Waals surface area (Å²) in [4.78, 5) is 34.2. The van der Waals surface area contributed by atoms with E-state index in [1.165, 1.54) is 6.20 Å². The van der Waals surface area contributed by atoms with Crippen LogP contribution in [-0.2, 0) is 6.54 Å². The number of hydrogen-bond acceptors (Lipinski definition) is 4. The van der Waals surface area contributed by atoms with E-state index in [0.29, 0.717) is 10.0 Å².